The van der Waals surface area contributed by atoms with Crippen molar-refractivity contribution in [3.63, 3.8) is 0 Å². The Labute approximate surface area is 96.4 Å². The Hall–Kier alpha value is 0.560. The Morgan fingerprint density at radius 2 is 1.67 bits per heavy atom. The van der Waals surface area contributed by atoms with Gasteiger partial charge >= 0.3 is 8.69 Å². The van der Waals surface area contributed by atoms with Gasteiger partial charge in [0.15, 0.2) is 5.75 Å². The molecule has 0 saturated heterocycles. The van der Waals surface area contributed by atoms with Crippen molar-refractivity contribution in [3.8, 4) is 5.75 Å². The molecule has 0 aromatic heterocycles. The second kappa shape index (κ2) is 4.70. The number of rotatable bonds is 2. The summed E-state index contributed by atoms with van der Waals surface area (Å²) in [6, 6.07) is 3.62. The minimum Gasteiger partial charge on any atom is -0.405 e. The Balaban J connectivity index is 3.18. The predicted octanol–water partition coefficient (Wildman–Crippen LogP) is 4.56. The van der Waals surface area contributed by atoms with Gasteiger partial charge < -0.3 is 4.52 Å². The van der Waals surface area contributed by atoms with Gasteiger partial charge in [-0.05, 0) is 44.0 Å². The lowest BCUT2D eigenvalue weighted by molar-refractivity contribution is 0.522. The Morgan fingerprint density at radius 3 is 2.08 bits per heavy atom. The van der Waals surface area contributed by atoms with E-state index >= 15 is 0 Å². The zero-order chi connectivity index (χ0) is 9.14. The molecule has 64 valence electrons. The van der Waals surface area contributed by atoms with Crippen LogP contribution in [-0.4, -0.2) is 0 Å². The first-order valence-electron chi connectivity index (χ1n) is 2.79. The van der Waals surface area contributed by atoms with Crippen LogP contribution in [0.1, 0.15) is 0 Å². The maximum atomic E-state index is 10.2. The smallest absolute Gasteiger partial charge is 0.395 e. The van der Waals surface area contributed by atoms with E-state index in [0.717, 1.165) is 13.4 Å². The van der Waals surface area contributed by atoms with Gasteiger partial charge in [-0.25, -0.2) is 4.57 Å². The van der Waals surface area contributed by atoms with Gasteiger partial charge in [0.25, 0.3) is 0 Å². The van der Waals surface area contributed by atoms with E-state index < -0.39 is 0 Å². The highest BCUT2D eigenvalue weighted by Crippen LogP contribution is 2.37. The molecule has 0 radical (unpaired) electrons. The second-order valence-electron chi connectivity index (χ2n) is 1.86. The van der Waals surface area contributed by atoms with E-state index in [1.54, 1.807) is 0 Å². The summed E-state index contributed by atoms with van der Waals surface area (Å²) < 4.78 is 17.4. The third-order valence-corrected chi connectivity index (χ3v) is 2.98. The van der Waals surface area contributed by atoms with Gasteiger partial charge in [0.05, 0.1) is 8.95 Å². The molecule has 0 heterocycles. The highest BCUT2D eigenvalue weighted by molar-refractivity contribution is 9.11. The molecule has 0 spiro atoms. The third-order valence-electron chi connectivity index (χ3n) is 1.09. The van der Waals surface area contributed by atoms with Crippen LogP contribution in [0.3, 0.4) is 0 Å². The fraction of sp³-hybridized carbons (Fsp3) is 0. The van der Waals surface area contributed by atoms with Gasteiger partial charge in [-0.1, -0.05) is 15.9 Å². The molecule has 1 aromatic rings. The first-order chi connectivity index (χ1) is 5.65. The highest BCUT2D eigenvalue weighted by atomic mass is 79.9. The van der Waals surface area contributed by atoms with E-state index in [1.807, 2.05) is 12.1 Å². The molecule has 0 amide bonds. The molecule has 1 aromatic carbocycles. The molecule has 0 unspecified atom stereocenters. The molecule has 0 fully saturated rings. The molecule has 2 nitrogen and oxygen atoms in total. The number of benzene rings is 1. The van der Waals surface area contributed by atoms with Crippen molar-refractivity contribution in [1.82, 2.24) is 0 Å². The van der Waals surface area contributed by atoms with Crippen molar-refractivity contribution in [2.24, 2.45) is 0 Å². The topological polar surface area (TPSA) is 26.3 Å². The quantitative estimate of drug-likeness (QED) is 0.707. The van der Waals surface area contributed by atoms with Crippen LogP contribution in [0.5, 0.6) is 5.75 Å². The number of hydrogen-bond donors (Lipinski definition) is 0. The van der Waals surface area contributed by atoms with Gasteiger partial charge in [-0.3, -0.25) is 0 Å². The van der Waals surface area contributed by atoms with Crippen molar-refractivity contribution in [2.75, 3.05) is 0 Å². The highest BCUT2D eigenvalue weighted by Gasteiger charge is 2.07. The average molecular weight is 377 g/mol. The maximum Gasteiger partial charge on any atom is 0.395 e. The molecule has 0 atom stereocenters. The molecule has 12 heavy (non-hydrogen) atoms. The lowest BCUT2D eigenvalue weighted by atomic mass is 10.3. The lowest BCUT2D eigenvalue weighted by Gasteiger charge is -2.03. The fourth-order valence-electron chi connectivity index (χ4n) is 0.653. The molecule has 0 aliphatic carbocycles. The van der Waals surface area contributed by atoms with E-state index in [9.17, 15) is 4.57 Å². The summed E-state index contributed by atoms with van der Waals surface area (Å²) in [5.74, 6) is 0.523. The first kappa shape index (κ1) is 10.6. The largest absolute Gasteiger partial charge is 0.405 e. The maximum absolute atomic E-state index is 10.2. The van der Waals surface area contributed by atoms with Gasteiger partial charge in [0.1, 0.15) is 0 Å². The Bertz CT molecular complexity index is 293. The van der Waals surface area contributed by atoms with Gasteiger partial charge in [0, 0.05) is 4.47 Å². The van der Waals surface area contributed by atoms with E-state index in [4.69, 9.17) is 4.52 Å². The summed E-state index contributed by atoms with van der Waals surface area (Å²) in [5, 5.41) is 0. The SMILES string of the molecule is O=POc1c(Br)cc(Br)cc1Br. The molecular weight excluding hydrogens is 375 g/mol. The Morgan fingerprint density at radius 1 is 1.17 bits per heavy atom. The van der Waals surface area contributed by atoms with Crippen LogP contribution in [0.4, 0.5) is 0 Å². The molecule has 0 aliphatic rings. The molecule has 0 saturated carbocycles. The summed E-state index contributed by atoms with van der Waals surface area (Å²) in [4.78, 5) is 0. The van der Waals surface area contributed by atoms with Gasteiger partial charge in [-0.2, -0.15) is 0 Å². The van der Waals surface area contributed by atoms with Crippen LogP contribution in [0.2, 0.25) is 0 Å². The van der Waals surface area contributed by atoms with Crippen LogP contribution in [0, 0.1) is 0 Å². The summed E-state index contributed by atoms with van der Waals surface area (Å²) in [7, 11) is -0.368. The average Bonchev–Trinajstić information content (AvgIpc) is 1.96. The summed E-state index contributed by atoms with van der Waals surface area (Å²) >= 11 is 9.84. The van der Waals surface area contributed by atoms with Crippen LogP contribution in [0.25, 0.3) is 0 Å². The Kier molecular flexibility index (Phi) is 4.17. The van der Waals surface area contributed by atoms with Gasteiger partial charge in [-0.15, -0.1) is 0 Å². The van der Waals surface area contributed by atoms with E-state index in [-0.39, 0.29) is 8.69 Å². The minimum absolute atomic E-state index is 0.368. The lowest BCUT2D eigenvalue weighted by Crippen LogP contribution is -1.80. The summed E-state index contributed by atoms with van der Waals surface area (Å²) in [5.41, 5.74) is 0. The predicted molar refractivity (Wildman–Crippen MR) is 57.8 cm³/mol. The van der Waals surface area contributed by atoms with Crippen LogP contribution in [0.15, 0.2) is 25.6 Å². The van der Waals surface area contributed by atoms with Crippen molar-refractivity contribution >= 4 is 56.5 Å². The summed E-state index contributed by atoms with van der Waals surface area (Å²) in [6.45, 7) is 0. The standard InChI is InChI=1S/C6H2Br3O2P/c7-3-1-4(8)6(11-12-10)5(9)2-3/h1-2H. The zero-order valence-corrected chi connectivity index (χ0v) is 11.2. The van der Waals surface area contributed by atoms with Crippen LogP contribution >= 0.6 is 56.5 Å². The molecule has 0 bridgehead atoms. The first-order valence-corrected chi connectivity index (χ1v) is 5.90. The van der Waals surface area contributed by atoms with E-state index in [2.05, 4.69) is 47.8 Å². The molecule has 0 N–H and O–H groups in total. The molecule has 1 rings (SSSR count). The second-order valence-corrected chi connectivity index (χ2v) is 4.82. The van der Waals surface area contributed by atoms with Gasteiger partial charge in [0.2, 0.25) is 0 Å². The molecular formula is C6H2Br3O2P. The van der Waals surface area contributed by atoms with Crippen molar-refractivity contribution in [1.29, 1.82) is 0 Å². The molecule has 0 aliphatic heterocycles. The normalized spacial score (nSPS) is 10.2. The zero-order valence-electron chi connectivity index (χ0n) is 5.55. The van der Waals surface area contributed by atoms with Crippen molar-refractivity contribution < 1.29 is 9.09 Å². The minimum atomic E-state index is -0.368. The van der Waals surface area contributed by atoms with E-state index in [0.29, 0.717) is 5.75 Å². The summed E-state index contributed by atoms with van der Waals surface area (Å²) in [6.07, 6.45) is 0. The van der Waals surface area contributed by atoms with Crippen LogP contribution < -0.4 is 4.52 Å². The van der Waals surface area contributed by atoms with Crippen LogP contribution in [-0.2, 0) is 4.57 Å². The molecule has 6 heteroatoms. The van der Waals surface area contributed by atoms with E-state index in [1.165, 1.54) is 0 Å². The van der Waals surface area contributed by atoms with Crippen molar-refractivity contribution in [2.45, 2.75) is 0 Å². The third kappa shape index (κ3) is 2.52. The monoisotopic (exact) mass is 374 g/mol. The van der Waals surface area contributed by atoms with Crippen molar-refractivity contribution in [3.05, 3.63) is 25.6 Å². The fourth-order valence-corrected chi connectivity index (χ4v) is 3.60. The number of hydrogen-bond acceptors (Lipinski definition) is 2. The number of halogens is 3.